The highest BCUT2D eigenvalue weighted by molar-refractivity contribution is 5.85. The number of rotatable bonds is 3. The van der Waals surface area contributed by atoms with Crippen LogP contribution in [0.1, 0.15) is 16.8 Å². The van der Waals surface area contributed by atoms with Gasteiger partial charge in [0.2, 0.25) is 0 Å². The smallest absolute Gasteiger partial charge is 0.0921 e. The highest BCUT2D eigenvalue weighted by atomic mass is 35.5. The summed E-state index contributed by atoms with van der Waals surface area (Å²) in [4.78, 5) is 7.08. The number of nitrogens with zero attached hydrogens (tertiary/aromatic N) is 1. The third kappa shape index (κ3) is 2.70. The molecule has 0 fully saturated rings. The number of aromatic amines is 1. The molecule has 0 spiro atoms. The lowest BCUT2D eigenvalue weighted by atomic mass is 10.0. The van der Waals surface area contributed by atoms with Crippen molar-refractivity contribution in [2.75, 3.05) is 0 Å². The molecule has 0 saturated heterocycles. The number of imidazole rings is 1. The molecule has 0 radical (unpaired) electrons. The van der Waals surface area contributed by atoms with Crippen LogP contribution in [-0.2, 0) is 6.42 Å². The Balaban J connectivity index is 0.00000112. The fourth-order valence-electron chi connectivity index (χ4n) is 1.48. The van der Waals surface area contributed by atoms with Crippen molar-refractivity contribution in [2.24, 2.45) is 0 Å². The molecule has 1 heterocycles. The SMILES string of the molecule is C=Cc1ccccc1Cc1cnc[nH]1.Cl. The topological polar surface area (TPSA) is 28.7 Å². The summed E-state index contributed by atoms with van der Waals surface area (Å²) in [5.74, 6) is 0. The van der Waals surface area contributed by atoms with E-state index in [2.05, 4.69) is 28.7 Å². The summed E-state index contributed by atoms with van der Waals surface area (Å²) in [5.41, 5.74) is 3.58. The van der Waals surface area contributed by atoms with Gasteiger partial charge in [-0.3, -0.25) is 0 Å². The Kier molecular flexibility index (Phi) is 4.13. The molecule has 0 unspecified atom stereocenters. The number of H-pyrrole nitrogens is 1. The lowest BCUT2D eigenvalue weighted by molar-refractivity contribution is 1.10. The van der Waals surface area contributed by atoms with E-state index in [1.165, 1.54) is 11.1 Å². The zero-order valence-corrected chi connectivity index (χ0v) is 9.13. The van der Waals surface area contributed by atoms with Crippen molar-refractivity contribution < 1.29 is 0 Å². The second kappa shape index (κ2) is 5.37. The molecule has 2 nitrogen and oxygen atoms in total. The Morgan fingerprint density at radius 1 is 1.33 bits per heavy atom. The van der Waals surface area contributed by atoms with Crippen LogP contribution in [0.25, 0.3) is 6.08 Å². The van der Waals surface area contributed by atoms with Crippen LogP contribution < -0.4 is 0 Å². The first-order valence-electron chi connectivity index (χ1n) is 4.58. The molecule has 0 amide bonds. The van der Waals surface area contributed by atoms with Crippen molar-refractivity contribution in [1.82, 2.24) is 9.97 Å². The largest absolute Gasteiger partial charge is 0.348 e. The first-order valence-corrected chi connectivity index (χ1v) is 4.58. The average Bonchev–Trinajstić information content (AvgIpc) is 2.71. The molecule has 2 aromatic rings. The number of hydrogen-bond acceptors (Lipinski definition) is 1. The fourth-order valence-corrected chi connectivity index (χ4v) is 1.48. The van der Waals surface area contributed by atoms with Gasteiger partial charge in [0.1, 0.15) is 0 Å². The minimum Gasteiger partial charge on any atom is -0.348 e. The molecular formula is C12H13ClN2. The quantitative estimate of drug-likeness (QED) is 0.846. The van der Waals surface area contributed by atoms with Crippen LogP contribution in [0.5, 0.6) is 0 Å². The molecule has 3 heteroatoms. The number of halogens is 1. The van der Waals surface area contributed by atoms with Crippen LogP contribution in [0.4, 0.5) is 0 Å². The van der Waals surface area contributed by atoms with Gasteiger partial charge in [0.05, 0.1) is 6.33 Å². The van der Waals surface area contributed by atoms with Crippen molar-refractivity contribution in [3.05, 3.63) is 60.2 Å². The van der Waals surface area contributed by atoms with Gasteiger partial charge in [-0.1, -0.05) is 36.9 Å². The predicted molar refractivity (Wildman–Crippen MR) is 65.2 cm³/mol. The lowest BCUT2D eigenvalue weighted by Crippen LogP contribution is -1.91. The molecule has 1 aromatic heterocycles. The van der Waals surface area contributed by atoms with Gasteiger partial charge in [0, 0.05) is 18.3 Å². The van der Waals surface area contributed by atoms with Crippen molar-refractivity contribution >= 4 is 18.5 Å². The van der Waals surface area contributed by atoms with Crippen LogP contribution in [0, 0.1) is 0 Å². The molecular weight excluding hydrogens is 208 g/mol. The molecule has 0 aliphatic heterocycles. The van der Waals surface area contributed by atoms with Crippen molar-refractivity contribution in [3.63, 3.8) is 0 Å². The maximum absolute atomic E-state index is 3.99. The van der Waals surface area contributed by atoms with Crippen LogP contribution in [-0.4, -0.2) is 9.97 Å². The van der Waals surface area contributed by atoms with Crippen molar-refractivity contribution in [1.29, 1.82) is 0 Å². The van der Waals surface area contributed by atoms with Gasteiger partial charge < -0.3 is 4.98 Å². The van der Waals surface area contributed by atoms with Gasteiger partial charge in [0.15, 0.2) is 0 Å². The molecule has 1 aromatic carbocycles. The average molecular weight is 221 g/mol. The standard InChI is InChI=1S/C12H12N2.ClH/c1-2-10-5-3-4-6-11(10)7-12-8-13-9-14-12;/h2-6,8-9H,1,7H2,(H,13,14);1H. The summed E-state index contributed by atoms with van der Waals surface area (Å²) in [5, 5.41) is 0. The van der Waals surface area contributed by atoms with E-state index in [0.29, 0.717) is 0 Å². The normalized spacial score (nSPS) is 9.33. The van der Waals surface area contributed by atoms with Gasteiger partial charge in [-0.05, 0) is 11.1 Å². The van der Waals surface area contributed by atoms with Gasteiger partial charge in [-0.15, -0.1) is 12.4 Å². The van der Waals surface area contributed by atoms with E-state index in [9.17, 15) is 0 Å². The number of hydrogen-bond donors (Lipinski definition) is 1. The molecule has 0 saturated carbocycles. The van der Waals surface area contributed by atoms with Crippen LogP contribution in [0.3, 0.4) is 0 Å². The Morgan fingerprint density at radius 2 is 2.13 bits per heavy atom. The van der Waals surface area contributed by atoms with Crippen LogP contribution >= 0.6 is 12.4 Å². The number of benzene rings is 1. The highest BCUT2D eigenvalue weighted by Crippen LogP contribution is 2.13. The van der Waals surface area contributed by atoms with E-state index in [0.717, 1.165) is 12.1 Å². The minimum atomic E-state index is 0. The highest BCUT2D eigenvalue weighted by Gasteiger charge is 2.00. The Labute approximate surface area is 95.5 Å². The summed E-state index contributed by atoms with van der Waals surface area (Å²) in [6.45, 7) is 3.80. The summed E-state index contributed by atoms with van der Waals surface area (Å²) < 4.78 is 0. The molecule has 0 aliphatic carbocycles. The van der Waals surface area contributed by atoms with Crippen molar-refractivity contribution in [3.8, 4) is 0 Å². The monoisotopic (exact) mass is 220 g/mol. The third-order valence-electron chi connectivity index (χ3n) is 2.21. The summed E-state index contributed by atoms with van der Waals surface area (Å²) in [6, 6.07) is 8.24. The molecule has 2 rings (SSSR count). The Hall–Kier alpha value is -1.54. The molecule has 78 valence electrons. The Bertz CT molecular complexity index is 421. The first kappa shape index (κ1) is 11.5. The van der Waals surface area contributed by atoms with Crippen LogP contribution in [0.2, 0.25) is 0 Å². The van der Waals surface area contributed by atoms with E-state index in [4.69, 9.17) is 0 Å². The number of aromatic nitrogens is 2. The molecule has 0 bridgehead atoms. The van der Waals surface area contributed by atoms with Gasteiger partial charge in [-0.25, -0.2) is 4.98 Å². The number of nitrogens with one attached hydrogen (secondary N) is 1. The molecule has 1 N–H and O–H groups in total. The Morgan fingerprint density at radius 3 is 2.80 bits per heavy atom. The molecule has 0 atom stereocenters. The van der Waals surface area contributed by atoms with E-state index in [1.54, 1.807) is 6.33 Å². The minimum absolute atomic E-state index is 0. The lowest BCUT2D eigenvalue weighted by Gasteiger charge is -2.03. The second-order valence-corrected chi connectivity index (χ2v) is 3.16. The van der Waals surface area contributed by atoms with E-state index >= 15 is 0 Å². The summed E-state index contributed by atoms with van der Waals surface area (Å²) in [7, 11) is 0. The van der Waals surface area contributed by atoms with E-state index < -0.39 is 0 Å². The molecule has 15 heavy (non-hydrogen) atoms. The zero-order valence-electron chi connectivity index (χ0n) is 8.31. The fraction of sp³-hybridized carbons (Fsp3) is 0.0833. The van der Waals surface area contributed by atoms with Crippen molar-refractivity contribution in [2.45, 2.75) is 6.42 Å². The maximum atomic E-state index is 3.99. The maximum Gasteiger partial charge on any atom is 0.0921 e. The van der Waals surface area contributed by atoms with E-state index in [1.807, 2.05) is 24.4 Å². The van der Waals surface area contributed by atoms with E-state index in [-0.39, 0.29) is 12.4 Å². The van der Waals surface area contributed by atoms with Gasteiger partial charge >= 0.3 is 0 Å². The third-order valence-corrected chi connectivity index (χ3v) is 2.21. The molecule has 0 aliphatic rings. The summed E-state index contributed by atoms with van der Waals surface area (Å²) in [6.07, 6.45) is 6.31. The van der Waals surface area contributed by atoms with Crippen LogP contribution in [0.15, 0.2) is 43.4 Å². The predicted octanol–water partition coefficient (Wildman–Crippen LogP) is 3.07. The summed E-state index contributed by atoms with van der Waals surface area (Å²) >= 11 is 0. The zero-order chi connectivity index (χ0) is 9.80. The second-order valence-electron chi connectivity index (χ2n) is 3.16. The first-order chi connectivity index (χ1) is 6.90. The van der Waals surface area contributed by atoms with Gasteiger partial charge in [-0.2, -0.15) is 0 Å². The van der Waals surface area contributed by atoms with Gasteiger partial charge in [0.25, 0.3) is 0 Å².